The first kappa shape index (κ1) is 18.3. The molecule has 0 fully saturated rings. The van der Waals surface area contributed by atoms with Crippen molar-refractivity contribution in [2.24, 2.45) is 4.99 Å². The fourth-order valence-electron chi connectivity index (χ4n) is 2.12. The van der Waals surface area contributed by atoms with E-state index in [4.69, 9.17) is 4.74 Å². The summed E-state index contributed by atoms with van der Waals surface area (Å²) >= 11 is 0. The van der Waals surface area contributed by atoms with Crippen molar-refractivity contribution in [2.75, 3.05) is 13.2 Å². The van der Waals surface area contributed by atoms with Gasteiger partial charge in [0.1, 0.15) is 5.76 Å². The Morgan fingerprint density at radius 2 is 1.77 bits per heavy atom. The van der Waals surface area contributed by atoms with E-state index in [1.165, 1.54) is 17.7 Å². The minimum Gasteiger partial charge on any atom is -0.493 e. The third-order valence-corrected chi connectivity index (χ3v) is 2.97. The number of allylic oxidation sites excluding steroid dienone is 1. The number of hydrogen-bond acceptors (Lipinski definition) is 2. The first-order valence-electron chi connectivity index (χ1n) is 7.13. The molecule has 7 heteroatoms. The van der Waals surface area contributed by atoms with Crippen molar-refractivity contribution in [3.05, 3.63) is 41.5 Å². The summed E-state index contributed by atoms with van der Waals surface area (Å²) in [4.78, 5) is 4.54. The van der Waals surface area contributed by atoms with Crippen LogP contribution in [0.4, 0.5) is 17.3 Å². The lowest BCUT2D eigenvalue weighted by molar-refractivity contribution is 0.296. The SMILES string of the molecule is CCOC(=C(C)C1=NCCC1)c1ccccc1.F[B-](F)(F)F. The van der Waals surface area contributed by atoms with Gasteiger partial charge in [-0.15, -0.1) is 0 Å². The van der Waals surface area contributed by atoms with Gasteiger partial charge in [0.25, 0.3) is 0 Å². The molecule has 0 unspecified atom stereocenters. The van der Waals surface area contributed by atoms with E-state index in [-0.39, 0.29) is 0 Å². The van der Waals surface area contributed by atoms with Crippen molar-refractivity contribution in [3.8, 4) is 0 Å². The van der Waals surface area contributed by atoms with Crippen LogP contribution in [0.2, 0.25) is 0 Å². The van der Waals surface area contributed by atoms with Gasteiger partial charge in [-0.25, -0.2) is 0 Å². The monoisotopic (exact) mass is 316 g/mol. The average Bonchev–Trinajstić information content (AvgIpc) is 2.97. The molecule has 22 heavy (non-hydrogen) atoms. The lowest BCUT2D eigenvalue weighted by Crippen LogP contribution is -2.03. The lowest BCUT2D eigenvalue weighted by atomic mass is 10.0. The zero-order chi connectivity index (χ0) is 16.6. The normalized spacial score (nSPS) is 15.5. The summed E-state index contributed by atoms with van der Waals surface area (Å²) in [5, 5.41) is 0. The molecule has 1 aliphatic heterocycles. The van der Waals surface area contributed by atoms with E-state index in [2.05, 4.69) is 24.0 Å². The predicted molar refractivity (Wildman–Crippen MR) is 82.4 cm³/mol. The zero-order valence-electron chi connectivity index (χ0n) is 12.7. The quantitative estimate of drug-likeness (QED) is 0.436. The van der Waals surface area contributed by atoms with Crippen LogP contribution in [-0.4, -0.2) is 26.1 Å². The van der Waals surface area contributed by atoms with Gasteiger partial charge in [-0.2, -0.15) is 0 Å². The average molecular weight is 316 g/mol. The van der Waals surface area contributed by atoms with Crippen molar-refractivity contribution in [1.82, 2.24) is 0 Å². The number of benzene rings is 1. The Kier molecular flexibility index (Phi) is 7.15. The van der Waals surface area contributed by atoms with Crippen molar-refractivity contribution >= 4 is 18.7 Å². The van der Waals surface area contributed by atoms with Crippen molar-refractivity contribution in [2.45, 2.75) is 26.7 Å². The standard InChI is InChI=1S/C15H19NO.BF4/c1-3-17-15(13-8-5-4-6-9-13)12(2)14-10-7-11-16-14;2-1(3,4)5/h4-6,8-9H,3,7,10-11H2,1-2H3;/q;-1. The first-order valence-corrected chi connectivity index (χ1v) is 7.13. The maximum absolute atomic E-state index is 9.75. The Morgan fingerprint density at radius 1 is 1.18 bits per heavy atom. The highest BCUT2D eigenvalue weighted by Crippen LogP contribution is 2.24. The van der Waals surface area contributed by atoms with Crippen molar-refractivity contribution in [3.63, 3.8) is 0 Å². The highest BCUT2D eigenvalue weighted by atomic mass is 19.5. The van der Waals surface area contributed by atoms with E-state index in [9.17, 15) is 17.3 Å². The highest BCUT2D eigenvalue weighted by Gasteiger charge is 2.20. The molecule has 0 aromatic heterocycles. The van der Waals surface area contributed by atoms with Gasteiger partial charge in [-0.05, 0) is 26.7 Å². The third kappa shape index (κ3) is 6.78. The van der Waals surface area contributed by atoms with E-state index in [1.54, 1.807) is 0 Å². The van der Waals surface area contributed by atoms with Gasteiger partial charge >= 0.3 is 7.25 Å². The van der Waals surface area contributed by atoms with Crippen LogP contribution >= 0.6 is 0 Å². The second kappa shape index (κ2) is 8.61. The molecule has 1 aliphatic rings. The number of ether oxygens (including phenoxy) is 1. The Morgan fingerprint density at radius 3 is 2.23 bits per heavy atom. The van der Waals surface area contributed by atoms with Crippen LogP contribution in [0.15, 0.2) is 40.9 Å². The highest BCUT2D eigenvalue weighted by molar-refractivity contribution is 6.50. The van der Waals surface area contributed by atoms with Crippen molar-refractivity contribution in [1.29, 1.82) is 0 Å². The maximum Gasteiger partial charge on any atom is 0.673 e. The second-order valence-electron chi connectivity index (χ2n) is 4.68. The second-order valence-corrected chi connectivity index (χ2v) is 4.68. The molecular formula is C15H19BF4NO-. The van der Waals surface area contributed by atoms with E-state index in [0.717, 1.165) is 24.3 Å². The molecule has 1 aromatic carbocycles. The van der Waals surface area contributed by atoms with E-state index in [0.29, 0.717) is 6.61 Å². The van der Waals surface area contributed by atoms with Crippen LogP contribution in [0.25, 0.3) is 5.76 Å². The molecule has 1 heterocycles. The van der Waals surface area contributed by atoms with Crippen LogP contribution in [0.3, 0.4) is 0 Å². The van der Waals surface area contributed by atoms with Gasteiger partial charge in [0.2, 0.25) is 0 Å². The topological polar surface area (TPSA) is 21.6 Å². The number of nitrogens with zero attached hydrogens (tertiary/aromatic N) is 1. The van der Waals surface area contributed by atoms with Crippen LogP contribution in [0, 0.1) is 0 Å². The summed E-state index contributed by atoms with van der Waals surface area (Å²) in [5.74, 6) is 0.980. The largest absolute Gasteiger partial charge is 0.673 e. The van der Waals surface area contributed by atoms with Gasteiger partial charge in [0.15, 0.2) is 0 Å². The minimum absolute atomic E-state index is 0.689. The molecule has 0 saturated carbocycles. The minimum atomic E-state index is -6.00. The number of rotatable bonds is 4. The number of hydrogen-bond donors (Lipinski definition) is 0. The maximum atomic E-state index is 9.75. The molecule has 0 aliphatic carbocycles. The zero-order valence-corrected chi connectivity index (χ0v) is 12.7. The van der Waals surface area contributed by atoms with Gasteiger partial charge in [-0.3, -0.25) is 4.99 Å². The Bertz CT molecular complexity index is 520. The van der Waals surface area contributed by atoms with E-state index < -0.39 is 7.25 Å². The fraction of sp³-hybridized carbons (Fsp3) is 0.400. The van der Waals surface area contributed by atoms with Crippen LogP contribution in [0.5, 0.6) is 0 Å². The van der Waals surface area contributed by atoms with Gasteiger partial charge < -0.3 is 22.0 Å². The van der Waals surface area contributed by atoms with Crippen molar-refractivity contribution < 1.29 is 22.0 Å². The molecule has 0 atom stereocenters. The number of halogens is 4. The van der Waals surface area contributed by atoms with Crippen LogP contribution in [0.1, 0.15) is 32.3 Å². The van der Waals surface area contributed by atoms with Gasteiger partial charge in [0, 0.05) is 23.4 Å². The molecule has 0 N–H and O–H groups in total. The molecule has 0 amide bonds. The molecule has 122 valence electrons. The smallest absolute Gasteiger partial charge is 0.493 e. The number of aliphatic imine (C=N–C) groups is 1. The Labute approximate surface area is 128 Å². The molecule has 0 bridgehead atoms. The van der Waals surface area contributed by atoms with E-state index in [1.807, 2.05) is 25.1 Å². The summed E-state index contributed by atoms with van der Waals surface area (Å²) in [6.45, 7) is 5.78. The van der Waals surface area contributed by atoms with Crippen LogP contribution in [-0.2, 0) is 4.74 Å². The predicted octanol–water partition coefficient (Wildman–Crippen LogP) is 4.99. The third-order valence-electron chi connectivity index (χ3n) is 2.97. The summed E-state index contributed by atoms with van der Waals surface area (Å²) in [6.07, 6.45) is 2.25. The lowest BCUT2D eigenvalue weighted by Gasteiger charge is -2.13. The Hall–Kier alpha value is -1.79. The molecule has 1 aromatic rings. The summed E-state index contributed by atoms with van der Waals surface area (Å²) in [6, 6.07) is 10.3. The van der Waals surface area contributed by atoms with Gasteiger partial charge in [-0.1, -0.05) is 30.3 Å². The van der Waals surface area contributed by atoms with Crippen LogP contribution < -0.4 is 0 Å². The molecule has 0 spiro atoms. The fourth-order valence-corrected chi connectivity index (χ4v) is 2.12. The summed E-state index contributed by atoms with van der Waals surface area (Å²) in [7, 11) is -6.00. The summed E-state index contributed by atoms with van der Waals surface area (Å²) in [5.41, 5.74) is 3.54. The van der Waals surface area contributed by atoms with E-state index >= 15 is 0 Å². The molecular weight excluding hydrogens is 297 g/mol. The molecule has 2 rings (SSSR count). The molecule has 2 nitrogen and oxygen atoms in total. The first-order chi connectivity index (χ1) is 10.3. The summed E-state index contributed by atoms with van der Waals surface area (Å²) < 4.78 is 44.8. The molecule has 0 saturated heterocycles. The Balaban J connectivity index is 0.000000422. The van der Waals surface area contributed by atoms with Gasteiger partial charge in [0.05, 0.1) is 6.61 Å². The molecule has 0 radical (unpaired) electrons.